The van der Waals surface area contributed by atoms with Gasteiger partial charge in [0.15, 0.2) is 0 Å². The fourth-order valence-corrected chi connectivity index (χ4v) is 1.74. The van der Waals surface area contributed by atoms with Gasteiger partial charge in [-0.1, -0.05) is 0 Å². The molecule has 2 aromatic rings. The number of rotatable bonds is 6. The summed E-state index contributed by atoms with van der Waals surface area (Å²) in [7, 11) is 1.98. The minimum absolute atomic E-state index is 0.349. The molecule has 6 heteroatoms. The molecule has 2 rings (SSSR count). The van der Waals surface area contributed by atoms with Gasteiger partial charge in [-0.05, 0) is 18.2 Å². The highest BCUT2D eigenvalue weighted by molar-refractivity contribution is 5.06. The van der Waals surface area contributed by atoms with Crippen LogP contribution in [0.5, 0.6) is 0 Å². The lowest BCUT2D eigenvalue weighted by Gasteiger charge is -2.04. The van der Waals surface area contributed by atoms with Crippen LogP contribution in [0.3, 0.4) is 0 Å². The Morgan fingerprint density at radius 1 is 1.28 bits per heavy atom. The number of nitrogens with zero attached hydrogens (tertiary/aromatic N) is 3. The van der Waals surface area contributed by atoms with Crippen LogP contribution in [0, 0.1) is 0 Å². The molecule has 0 aromatic carbocycles. The summed E-state index contributed by atoms with van der Waals surface area (Å²) >= 11 is 0. The van der Waals surface area contributed by atoms with Crippen LogP contribution in [0.4, 0.5) is 8.78 Å². The van der Waals surface area contributed by atoms with Crippen LogP contribution < -0.4 is 5.32 Å². The van der Waals surface area contributed by atoms with Crippen molar-refractivity contribution in [3.8, 4) is 0 Å². The molecular formula is C12H16F2N4. The molecule has 1 N–H and O–H groups in total. The van der Waals surface area contributed by atoms with Crippen LogP contribution in [-0.4, -0.2) is 20.8 Å². The smallest absolute Gasteiger partial charge is 0.257 e. The topological polar surface area (TPSA) is 34.8 Å². The highest BCUT2D eigenvalue weighted by Crippen LogP contribution is 2.02. The molecule has 0 aliphatic heterocycles. The number of alkyl halides is 2. The van der Waals surface area contributed by atoms with Crippen LogP contribution in [0.2, 0.25) is 0 Å². The molecule has 0 saturated carbocycles. The van der Waals surface area contributed by atoms with E-state index in [1.807, 2.05) is 29.9 Å². The average molecular weight is 254 g/mol. The molecule has 4 nitrogen and oxygen atoms in total. The van der Waals surface area contributed by atoms with Crippen molar-refractivity contribution in [1.82, 2.24) is 19.7 Å². The lowest BCUT2D eigenvalue weighted by atomic mass is 10.4. The zero-order valence-corrected chi connectivity index (χ0v) is 10.2. The highest BCUT2D eigenvalue weighted by atomic mass is 19.3. The van der Waals surface area contributed by atoms with Gasteiger partial charge in [-0.2, -0.15) is 5.10 Å². The molecule has 0 fully saturated rings. The minimum Gasteiger partial charge on any atom is -0.353 e. The number of nitrogens with one attached hydrogen (secondary N) is 1. The van der Waals surface area contributed by atoms with E-state index in [9.17, 15) is 8.78 Å². The van der Waals surface area contributed by atoms with Crippen molar-refractivity contribution < 1.29 is 8.78 Å². The number of aromatic nitrogens is 3. The molecule has 0 atom stereocenters. The minimum atomic E-state index is -2.37. The fraction of sp³-hybridized carbons (Fsp3) is 0.417. The van der Waals surface area contributed by atoms with Crippen molar-refractivity contribution in [2.75, 3.05) is 0 Å². The highest BCUT2D eigenvalue weighted by Gasteiger charge is 2.05. The summed E-state index contributed by atoms with van der Waals surface area (Å²) < 4.78 is 27.6. The molecule has 0 saturated heterocycles. The average Bonchev–Trinajstić information content (AvgIpc) is 2.89. The Kier molecular flexibility index (Phi) is 4.09. The lowest BCUT2D eigenvalue weighted by molar-refractivity contribution is 0.121. The largest absolute Gasteiger partial charge is 0.353 e. The van der Waals surface area contributed by atoms with E-state index in [1.165, 1.54) is 10.4 Å². The van der Waals surface area contributed by atoms with E-state index in [2.05, 4.69) is 10.4 Å². The van der Waals surface area contributed by atoms with E-state index >= 15 is 0 Å². The zero-order chi connectivity index (χ0) is 13.0. The Hall–Kier alpha value is -1.69. The molecule has 2 heterocycles. The molecule has 0 unspecified atom stereocenters. The van der Waals surface area contributed by atoms with E-state index in [4.69, 9.17) is 0 Å². The zero-order valence-electron chi connectivity index (χ0n) is 10.2. The predicted octanol–water partition coefficient (Wildman–Crippen LogP) is 1.78. The van der Waals surface area contributed by atoms with Crippen LogP contribution in [-0.2, 0) is 26.7 Å². The van der Waals surface area contributed by atoms with E-state index in [0.717, 1.165) is 12.2 Å². The summed E-state index contributed by atoms with van der Waals surface area (Å²) in [5.41, 5.74) is 1.94. The first-order valence-electron chi connectivity index (χ1n) is 5.76. The SMILES string of the molecule is Cn1cccc1CNCc1ccn(CC(F)F)n1. The molecule has 0 spiro atoms. The van der Waals surface area contributed by atoms with Gasteiger partial charge < -0.3 is 9.88 Å². The first-order valence-corrected chi connectivity index (χ1v) is 5.76. The van der Waals surface area contributed by atoms with E-state index < -0.39 is 6.43 Å². The second kappa shape index (κ2) is 5.77. The van der Waals surface area contributed by atoms with E-state index in [1.54, 1.807) is 12.3 Å². The third-order valence-corrected chi connectivity index (χ3v) is 2.68. The maximum Gasteiger partial charge on any atom is 0.257 e. The second-order valence-corrected chi connectivity index (χ2v) is 4.13. The first kappa shape index (κ1) is 12.8. The van der Waals surface area contributed by atoms with Crippen LogP contribution in [0.25, 0.3) is 0 Å². The van der Waals surface area contributed by atoms with Crippen molar-refractivity contribution in [3.63, 3.8) is 0 Å². The molecule has 98 valence electrons. The Morgan fingerprint density at radius 3 is 2.78 bits per heavy atom. The molecule has 2 aromatic heterocycles. The maximum atomic E-state index is 12.1. The Labute approximate surface area is 104 Å². The molecule has 0 amide bonds. The van der Waals surface area contributed by atoms with E-state index in [-0.39, 0.29) is 6.54 Å². The molecule has 0 aliphatic carbocycles. The summed E-state index contributed by atoms with van der Waals surface area (Å²) in [6, 6.07) is 5.76. The molecule has 18 heavy (non-hydrogen) atoms. The monoisotopic (exact) mass is 254 g/mol. The first-order chi connectivity index (χ1) is 8.65. The molecule has 0 radical (unpaired) electrons. The lowest BCUT2D eigenvalue weighted by Crippen LogP contribution is -2.15. The predicted molar refractivity (Wildman–Crippen MR) is 64.2 cm³/mol. The van der Waals surface area contributed by atoms with Crippen molar-refractivity contribution in [3.05, 3.63) is 42.0 Å². The molecular weight excluding hydrogens is 238 g/mol. The summed E-state index contributed by atoms with van der Waals surface area (Å²) in [6.07, 6.45) is 1.19. The summed E-state index contributed by atoms with van der Waals surface area (Å²) in [5.74, 6) is 0. The summed E-state index contributed by atoms with van der Waals surface area (Å²) in [5, 5.41) is 7.29. The fourth-order valence-electron chi connectivity index (χ4n) is 1.74. The van der Waals surface area contributed by atoms with Gasteiger partial charge >= 0.3 is 0 Å². The van der Waals surface area contributed by atoms with Crippen LogP contribution >= 0.6 is 0 Å². The third-order valence-electron chi connectivity index (χ3n) is 2.68. The van der Waals surface area contributed by atoms with Gasteiger partial charge in [0.1, 0.15) is 6.54 Å². The van der Waals surface area contributed by atoms with Gasteiger partial charge in [0.05, 0.1) is 5.69 Å². The van der Waals surface area contributed by atoms with E-state index in [0.29, 0.717) is 6.54 Å². The Bertz CT molecular complexity index is 490. The van der Waals surface area contributed by atoms with Crippen molar-refractivity contribution in [2.24, 2.45) is 7.05 Å². The Balaban J connectivity index is 1.80. The van der Waals surface area contributed by atoms with Gasteiger partial charge in [-0.15, -0.1) is 0 Å². The second-order valence-electron chi connectivity index (χ2n) is 4.13. The van der Waals surface area contributed by atoms with Gasteiger partial charge in [0, 0.05) is 38.2 Å². The number of halogens is 2. The number of aryl methyl sites for hydroxylation is 1. The Morgan fingerprint density at radius 2 is 2.11 bits per heavy atom. The molecule has 0 aliphatic rings. The summed E-state index contributed by atoms with van der Waals surface area (Å²) in [6.45, 7) is 0.949. The van der Waals surface area contributed by atoms with Crippen molar-refractivity contribution >= 4 is 0 Å². The standard InChI is InChI=1S/C12H16F2N4/c1-17-5-2-3-11(17)8-15-7-10-4-6-18(16-10)9-12(13)14/h2-6,12,15H,7-9H2,1H3. The van der Waals surface area contributed by atoms with Gasteiger partial charge in [0.2, 0.25) is 0 Å². The van der Waals surface area contributed by atoms with Gasteiger partial charge in [-0.25, -0.2) is 8.78 Å². The quantitative estimate of drug-likeness (QED) is 0.852. The van der Waals surface area contributed by atoms with Crippen LogP contribution in [0.15, 0.2) is 30.6 Å². The van der Waals surface area contributed by atoms with Crippen molar-refractivity contribution in [2.45, 2.75) is 26.1 Å². The van der Waals surface area contributed by atoms with Crippen molar-refractivity contribution in [1.29, 1.82) is 0 Å². The maximum absolute atomic E-state index is 12.1. The van der Waals surface area contributed by atoms with Gasteiger partial charge in [-0.3, -0.25) is 4.68 Å². The number of hydrogen-bond acceptors (Lipinski definition) is 2. The number of hydrogen-bond donors (Lipinski definition) is 1. The van der Waals surface area contributed by atoms with Gasteiger partial charge in [0.25, 0.3) is 6.43 Å². The normalized spacial score (nSPS) is 11.3. The summed E-state index contributed by atoms with van der Waals surface area (Å²) in [4.78, 5) is 0. The third kappa shape index (κ3) is 3.40. The van der Waals surface area contributed by atoms with Crippen LogP contribution in [0.1, 0.15) is 11.4 Å². The molecule has 0 bridgehead atoms.